The van der Waals surface area contributed by atoms with Crippen molar-refractivity contribution in [3.8, 4) is 0 Å². The predicted molar refractivity (Wildman–Crippen MR) is 90.0 cm³/mol. The van der Waals surface area contributed by atoms with Crippen LogP contribution in [0.2, 0.25) is 0 Å². The molecule has 1 N–H and O–H groups in total. The highest BCUT2D eigenvalue weighted by Gasteiger charge is 2.31. The van der Waals surface area contributed by atoms with Crippen molar-refractivity contribution < 1.29 is 19.5 Å². The number of likely N-dealkylation sites (tertiary alicyclic amines) is 1. The summed E-state index contributed by atoms with van der Waals surface area (Å²) in [6, 6.07) is 6.38. The van der Waals surface area contributed by atoms with Crippen molar-refractivity contribution >= 4 is 17.8 Å². The first-order valence-corrected chi connectivity index (χ1v) is 8.40. The molecule has 0 radical (unpaired) electrons. The van der Waals surface area contributed by atoms with Gasteiger partial charge in [0, 0.05) is 36.8 Å². The monoisotopic (exact) mass is 332 g/mol. The van der Waals surface area contributed by atoms with Crippen LogP contribution in [0.25, 0.3) is 0 Å². The molecule has 1 unspecified atom stereocenters. The van der Waals surface area contributed by atoms with Crippen LogP contribution in [-0.2, 0) is 4.79 Å². The SMILES string of the molecule is CCN(CC)C(=O)c1ccc(C(=O)N2CCCC2CC(=O)O)cc1. The van der Waals surface area contributed by atoms with E-state index in [1.165, 1.54) is 0 Å². The number of amides is 2. The maximum atomic E-state index is 12.6. The van der Waals surface area contributed by atoms with Gasteiger partial charge in [0.25, 0.3) is 11.8 Å². The van der Waals surface area contributed by atoms with Crippen molar-refractivity contribution in [2.45, 2.75) is 39.2 Å². The van der Waals surface area contributed by atoms with Gasteiger partial charge < -0.3 is 14.9 Å². The summed E-state index contributed by atoms with van der Waals surface area (Å²) in [5.74, 6) is -1.11. The zero-order valence-electron chi connectivity index (χ0n) is 14.2. The highest BCUT2D eigenvalue weighted by Crippen LogP contribution is 2.23. The molecule has 1 aromatic rings. The van der Waals surface area contributed by atoms with E-state index in [1.54, 1.807) is 34.1 Å². The van der Waals surface area contributed by atoms with Crippen molar-refractivity contribution in [3.05, 3.63) is 35.4 Å². The molecule has 0 bridgehead atoms. The van der Waals surface area contributed by atoms with Crippen LogP contribution in [0.15, 0.2) is 24.3 Å². The third-order valence-electron chi connectivity index (χ3n) is 4.48. The van der Waals surface area contributed by atoms with Crippen LogP contribution < -0.4 is 0 Å². The van der Waals surface area contributed by atoms with Gasteiger partial charge in [-0.25, -0.2) is 0 Å². The number of nitrogens with zero attached hydrogens (tertiary/aromatic N) is 2. The summed E-state index contributed by atoms with van der Waals surface area (Å²) in [5.41, 5.74) is 1.04. The molecule has 6 nitrogen and oxygen atoms in total. The Balaban J connectivity index is 2.11. The van der Waals surface area contributed by atoms with Gasteiger partial charge in [-0.3, -0.25) is 14.4 Å². The summed E-state index contributed by atoms with van der Waals surface area (Å²) in [7, 11) is 0. The summed E-state index contributed by atoms with van der Waals surface area (Å²) < 4.78 is 0. The minimum absolute atomic E-state index is 0.0235. The summed E-state index contributed by atoms with van der Waals surface area (Å²) in [6.07, 6.45) is 1.52. The van der Waals surface area contributed by atoms with Crippen LogP contribution in [0.5, 0.6) is 0 Å². The molecule has 130 valence electrons. The van der Waals surface area contributed by atoms with Gasteiger partial charge in [0.2, 0.25) is 0 Å². The molecule has 1 heterocycles. The fraction of sp³-hybridized carbons (Fsp3) is 0.500. The lowest BCUT2D eigenvalue weighted by Gasteiger charge is -2.24. The maximum Gasteiger partial charge on any atom is 0.305 e. The largest absolute Gasteiger partial charge is 0.481 e. The molecule has 0 aliphatic carbocycles. The number of carbonyl (C=O) groups is 3. The summed E-state index contributed by atoms with van der Waals surface area (Å²) in [4.78, 5) is 39.2. The normalized spacial score (nSPS) is 16.9. The summed E-state index contributed by atoms with van der Waals surface area (Å²) >= 11 is 0. The second kappa shape index (κ2) is 7.95. The van der Waals surface area contributed by atoms with E-state index >= 15 is 0 Å². The Morgan fingerprint density at radius 3 is 2.25 bits per heavy atom. The summed E-state index contributed by atoms with van der Waals surface area (Å²) in [5, 5.41) is 8.96. The van der Waals surface area contributed by atoms with Crippen molar-refractivity contribution in [3.63, 3.8) is 0 Å². The third-order valence-corrected chi connectivity index (χ3v) is 4.48. The minimum atomic E-state index is -0.889. The number of benzene rings is 1. The van der Waals surface area contributed by atoms with Crippen LogP contribution in [0.3, 0.4) is 0 Å². The van der Waals surface area contributed by atoms with E-state index < -0.39 is 5.97 Å². The van der Waals surface area contributed by atoms with Gasteiger partial charge in [-0.2, -0.15) is 0 Å². The molecule has 1 aliphatic heterocycles. The Morgan fingerprint density at radius 2 is 1.71 bits per heavy atom. The lowest BCUT2D eigenvalue weighted by atomic mass is 10.1. The van der Waals surface area contributed by atoms with Crippen molar-refractivity contribution in [1.82, 2.24) is 9.80 Å². The smallest absolute Gasteiger partial charge is 0.305 e. The predicted octanol–water partition coefficient (Wildman–Crippen LogP) is 2.25. The molecule has 24 heavy (non-hydrogen) atoms. The molecule has 0 spiro atoms. The Kier molecular flexibility index (Phi) is 5.95. The molecule has 1 fully saturated rings. The van der Waals surface area contributed by atoms with Gasteiger partial charge in [-0.05, 0) is 51.0 Å². The molecule has 6 heteroatoms. The van der Waals surface area contributed by atoms with Crippen LogP contribution in [0.4, 0.5) is 0 Å². The average Bonchev–Trinajstić information content (AvgIpc) is 3.02. The second-order valence-corrected chi connectivity index (χ2v) is 5.95. The van der Waals surface area contributed by atoms with E-state index in [2.05, 4.69) is 0 Å². The Bertz CT molecular complexity index is 608. The standard InChI is InChI=1S/C18H24N2O4/c1-3-19(4-2)17(23)13-7-9-14(10-8-13)18(24)20-11-5-6-15(20)12-16(21)22/h7-10,15H,3-6,11-12H2,1-2H3,(H,21,22). The van der Waals surface area contributed by atoms with Crippen molar-refractivity contribution in [2.75, 3.05) is 19.6 Å². The molecule has 1 atom stereocenters. The van der Waals surface area contributed by atoms with E-state index in [0.29, 0.717) is 30.8 Å². The number of aliphatic carboxylic acids is 1. The third kappa shape index (κ3) is 3.93. The van der Waals surface area contributed by atoms with Gasteiger partial charge in [0.1, 0.15) is 0 Å². The van der Waals surface area contributed by atoms with Crippen LogP contribution in [-0.4, -0.2) is 58.4 Å². The maximum absolute atomic E-state index is 12.6. The van der Waals surface area contributed by atoms with Crippen molar-refractivity contribution in [1.29, 1.82) is 0 Å². The number of carboxylic acids is 1. The molecule has 0 saturated carbocycles. The van der Waals surface area contributed by atoms with Crippen molar-refractivity contribution in [2.24, 2.45) is 0 Å². The van der Waals surface area contributed by atoms with E-state index in [9.17, 15) is 14.4 Å². The van der Waals surface area contributed by atoms with E-state index in [-0.39, 0.29) is 24.3 Å². The molecular formula is C18H24N2O4. The number of carbonyl (C=O) groups excluding carboxylic acids is 2. The van der Waals surface area contributed by atoms with Crippen LogP contribution >= 0.6 is 0 Å². The molecule has 1 aliphatic rings. The first-order valence-electron chi connectivity index (χ1n) is 8.40. The Labute approximate surface area is 142 Å². The quantitative estimate of drug-likeness (QED) is 0.866. The second-order valence-electron chi connectivity index (χ2n) is 5.95. The van der Waals surface area contributed by atoms with Gasteiger partial charge in [0.05, 0.1) is 6.42 Å². The van der Waals surface area contributed by atoms with Gasteiger partial charge in [-0.15, -0.1) is 0 Å². The molecule has 1 aromatic carbocycles. The number of rotatable bonds is 6. The summed E-state index contributed by atoms with van der Waals surface area (Å²) in [6.45, 7) is 5.71. The fourth-order valence-electron chi connectivity index (χ4n) is 3.13. The minimum Gasteiger partial charge on any atom is -0.481 e. The zero-order chi connectivity index (χ0) is 17.7. The first kappa shape index (κ1) is 18.0. The topological polar surface area (TPSA) is 77.9 Å². The van der Waals surface area contributed by atoms with Crippen LogP contribution in [0.1, 0.15) is 53.8 Å². The lowest BCUT2D eigenvalue weighted by Crippen LogP contribution is -2.36. The average molecular weight is 332 g/mol. The highest BCUT2D eigenvalue weighted by molar-refractivity contribution is 5.98. The van der Waals surface area contributed by atoms with Gasteiger partial charge in [-0.1, -0.05) is 0 Å². The fourth-order valence-corrected chi connectivity index (χ4v) is 3.13. The van der Waals surface area contributed by atoms with Gasteiger partial charge in [0.15, 0.2) is 0 Å². The van der Waals surface area contributed by atoms with E-state index in [0.717, 1.165) is 12.8 Å². The highest BCUT2D eigenvalue weighted by atomic mass is 16.4. The number of carboxylic acid groups (broad SMARTS) is 1. The van der Waals surface area contributed by atoms with E-state index in [4.69, 9.17) is 5.11 Å². The Morgan fingerprint density at radius 1 is 1.12 bits per heavy atom. The van der Waals surface area contributed by atoms with E-state index in [1.807, 2.05) is 13.8 Å². The first-order chi connectivity index (χ1) is 11.5. The zero-order valence-corrected chi connectivity index (χ0v) is 14.2. The lowest BCUT2D eigenvalue weighted by molar-refractivity contribution is -0.137. The number of hydrogen-bond acceptors (Lipinski definition) is 3. The molecule has 0 aromatic heterocycles. The molecule has 2 rings (SSSR count). The molecule has 1 saturated heterocycles. The molecule has 2 amide bonds. The Hall–Kier alpha value is -2.37. The van der Waals surface area contributed by atoms with Gasteiger partial charge >= 0.3 is 5.97 Å². The number of hydrogen-bond donors (Lipinski definition) is 1. The van der Waals surface area contributed by atoms with Crippen LogP contribution in [0, 0.1) is 0 Å². The molecular weight excluding hydrogens is 308 g/mol.